The van der Waals surface area contributed by atoms with E-state index in [0.717, 1.165) is 18.2 Å². The molecule has 0 aliphatic rings. The lowest BCUT2D eigenvalue weighted by Gasteiger charge is -2.10. The van der Waals surface area contributed by atoms with E-state index in [1.54, 1.807) is 6.07 Å². The lowest BCUT2D eigenvalue weighted by atomic mass is 10.0. The normalized spacial score (nSPS) is 12.7. The van der Waals surface area contributed by atoms with Gasteiger partial charge in [0.2, 0.25) is 0 Å². The molecule has 1 unspecified atom stereocenters. The summed E-state index contributed by atoms with van der Waals surface area (Å²) in [5, 5.41) is 6.32. The van der Waals surface area contributed by atoms with Crippen LogP contribution in [-0.4, -0.2) is 10.2 Å². The average Bonchev–Trinajstić information content (AvgIpc) is 2.74. The van der Waals surface area contributed by atoms with Gasteiger partial charge in [-0.2, -0.15) is 5.10 Å². The van der Waals surface area contributed by atoms with Gasteiger partial charge in [0.25, 0.3) is 0 Å². The van der Waals surface area contributed by atoms with Gasteiger partial charge in [-0.1, -0.05) is 0 Å². The third-order valence-corrected chi connectivity index (χ3v) is 2.15. The van der Waals surface area contributed by atoms with Crippen molar-refractivity contribution >= 4 is 0 Å². The van der Waals surface area contributed by atoms with Gasteiger partial charge >= 0.3 is 0 Å². The number of H-pyrrole nitrogens is 1. The molecule has 0 spiro atoms. The first-order valence-electron chi connectivity index (χ1n) is 4.38. The molecule has 1 aromatic carbocycles. The molecule has 5 heteroatoms. The van der Waals surface area contributed by atoms with Crippen LogP contribution in [0.5, 0.6) is 0 Å². The van der Waals surface area contributed by atoms with Crippen LogP contribution >= 0.6 is 0 Å². The molecule has 0 saturated heterocycles. The summed E-state index contributed by atoms with van der Waals surface area (Å²) in [6, 6.07) is 4.08. The van der Waals surface area contributed by atoms with Crippen LogP contribution in [0.25, 0.3) is 0 Å². The summed E-state index contributed by atoms with van der Waals surface area (Å²) in [4.78, 5) is 0. The molecule has 2 aromatic rings. The predicted molar refractivity (Wildman–Crippen MR) is 51.0 cm³/mol. The Kier molecular flexibility index (Phi) is 2.47. The lowest BCUT2D eigenvalue weighted by molar-refractivity contribution is 0.574. The van der Waals surface area contributed by atoms with Gasteiger partial charge in [0.05, 0.1) is 11.7 Å². The number of rotatable bonds is 2. The van der Waals surface area contributed by atoms with Crippen molar-refractivity contribution in [2.45, 2.75) is 6.04 Å². The molecular formula is C10H9F2N3. The fourth-order valence-electron chi connectivity index (χ4n) is 1.36. The van der Waals surface area contributed by atoms with Gasteiger partial charge in [-0.05, 0) is 24.3 Å². The quantitative estimate of drug-likeness (QED) is 0.791. The van der Waals surface area contributed by atoms with Crippen LogP contribution in [0.3, 0.4) is 0 Å². The summed E-state index contributed by atoms with van der Waals surface area (Å²) in [6.07, 6.45) is 1.51. The number of aromatic amines is 1. The van der Waals surface area contributed by atoms with E-state index in [1.807, 2.05) is 0 Å². The summed E-state index contributed by atoms with van der Waals surface area (Å²) in [5.74, 6) is -1.04. The third kappa shape index (κ3) is 1.87. The topological polar surface area (TPSA) is 54.7 Å². The first-order chi connectivity index (χ1) is 7.18. The van der Waals surface area contributed by atoms with Crippen molar-refractivity contribution in [3.8, 4) is 0 Å². The van der Waals surface area contributed by atoms with Crippen LogP contribution in [0.15, 0.2) is 30.5 Å². The highest BCUT2D eigenvalue weighted by atomic mass is 19.1. The van der Waals surface area contributed by atoms with E-state index in [9.17, 15) is 8.78 Å². The van der Waals surface area contributed by atoms with E-state index in [-0.39, 0.29) is 5.56 Å². The van der Waals surface area contributed by atoms with Crippen LogP contribution in [0, 0.1) is 11.6 Å². The van der Waals surface area contributed by atoms with Crippen LogP contribution in [0.4, 0.5) is 8.78 Å². The van der Waals surface area contributed by atoms with Crippen LogP contribution in [0.2, 0.25) is 0 Å². The fraction of sp³-hybridized carbons (Fsp3) is 0.100. The summed E-state index contributed by atoms with van der Waals surface area (Å²) in [7, 11) is 0. The van der Waals surface area contributed by atoms with Crippen molar-refractivity contribution in [3.05, 3.63) is 53.4 Å². The summed E-state index contributed by atoms with van der Waals surface area (Å²) in [5.41, 5.74) is 6.40. The maximum atomic E-state index is 13.3. The van der Waals surface area contributed by atoms with E-state index in [1.165, 1.54) is 6.20 Å². The highest BCUT2D eigenvalue weighted by Crippen LogP contribution is 2.21. The zero-order valence-electron chi connectivity index (χ0n) is 7.74. The second kappa shape index (κ2) is 3.78. The van der Waals surface area contributed by atoms with Crippen molar-refractivity contribution in [2.24, 2.45) is 5.73 Å². The van der Waals surface area contributed by atoms with Gasteiger partial charge in [-0.25, -0.2) is 8.78 Å². The second-order valence-electron chi connectivity index (χ2n) is 3.16. The van der Waals surface area contributed by atoms with Crippen molar-refractivity contribution < 1.29 is 8.78 Å². The molecule has 15 heavy (non-hydrogen) atoms. The number of nitrogens with zero attached hydrogens (tertiary/aromatic N) is 1. The number of hydrogen-bond donors (Lipinski definition) is 2. The first-order valence-corrected chi connectivity index (χ1v) is 4.38. The fourth-order valence-corrected chi connectivity index (χ4v) is 1.36. The minimum Gasteiger partial charge on any atom is -0.319 e. The monoisotopic (exact) mass is 209 g/mol. The molecule has 1 aromatic heterocycles. The van der Waals surface area contributed by atoms with Crippen molar-refractivity contribution in [1.82, 2.24) is 10.2 Å². The SMILES string of the molecule is NC(c1ccn[nH]1)c1cc(F)ccc1F. The molecule has 0 aliphatic carbocycles. The van der Waals surface area contributed by atoms with Crippen molar-refractivity contribution in [3.63, 3.8) is 0 Å². The van der Waals surface area contributed by atoms with Crippen molar-refractivity contribution in [1.29, 1.82) is 0 Å². The number of nitrogens with one attached hydrogen (secondary N) is 1. The number of halogens is 2. The zero-order valence-corrected chi connectivity index (χ0v) is 7.74. The van der Waals surface area contributed by atoms with Crippen LogP contribution < -0.4 is 5.73 Å². The Morgan fingerprint density at radius 1 is 1.27 bits per heavy atom. The van der Waals surface area contributed by atoms with Gasteiger partial charge < -0.3 is 5.73 Å². The number of aromatic nitrogens is 2. The molecule has 0 radical (unpaired) electrons. The van der Waals surface area contributed by atoms with E-state index < -0.39 is 17.7 Å². The van der Waals surface area contributed by atoms with Gasteiger partial charge in [-0.3, -0.25) is 5.10 Å². The highest BCUT2D eigenvalue weighted by molar-refractivity contribution is 5.28. The molecule has 0 saturated carbocycles. The van der Waals surface area contributed by atoms with Crippen LogP contribution in [-0.2, 0) is 0 Å². The minimum atomic E-state index is -0.733. The zero-order chi connectivity index (χ0) is 10.8. The molecule has 1 heterocycles. The minimum absolute atomic E-state index is 0.110. The lowest BCUT2D eigenvalue weighted by Crippen LogP contribution is -2.14. The Bertz CT molecular complexity index is 454. The third-order valence-electron chi connectivity index (χ3n) is 2.15. The number of hydrogen-bond acceptors (Lipinski definition) is 2. The van der Waals surface area contributed by atoms with E-state index >= 15 is 0 Å². The highest BCUT2D eigenvalue weighted by Gasteiger charge is 2.15. The molecule has 0 fully saturated rings. The number of nitrogens with two attached hydrogens (primary N) is 1. The predicted octanol–water partition coefficient (Wildman–Crippen LogP) is 1.74. The molecule has 3 N–H and O–H groups in total. The smallest absolute Gasteiger partial charge is 0.128 e. The summed E-state index contributed by atoms with van der Waals surface area (Å²) in [6.45, 7) is 0. The van der Waals surface area contributed by atoms with Gasteiger partial charge in [0, 0.05) is 11.8 Å². The molecule has 3 nitrogen and oxygen atoms in total. The van der Waals surface area contributed by atoms with Crippen molar-refractivity contribution in [2.75, 3.05) is 0 Å². The average molecular weight is 209 g/mol. The maximum absolute atomic E-state index is 13.3. The Hall–Kier alpha value is -1.75. The maximum Gasteiger partial charge on any atom is 0.128 e. The number of benzene rings is 1. The molecule has 0 bridgehead atoms. The first kappa shape index (κ1) is 9.79. The molecule has 2 rings (SSSR count). The largest absolute Gasteiger partial charge is 0.319 e. The van der Waals surface area contributed by atoms with Gasteiger partial charge in [0.15, 0.2) is 0 Å². The Morgan fingerprint density at radius 2 is 2.07 bits per heavy atom. The second-order valence-corrected chi connectivity index (χ2v) is 3.16. The summed E-state index contributed by atoms with van der Waals surface area (Å²) >= 11 is 0. The molecule has 1 atom stereocenters. The van der Waals surface area contributed by atoms with Gasteiger partial charge in [-0.15, -0.1) is 0 Å². The Balaban J connectivity index is 2.41. The van der Waals surface area contributed by atoms with Gasteiger partial charge in [0.1, 0.15) is 11.6 Å². The Labute approximate surface area is 84.9 Å². The molecule has 0 amide bonds. The molecule has 78 valence electrons. The standard InChI is InChI=1S/C10H9F2N3/c11-6-1-2-8(12)7(5-6)10(13)9-3-4-14-15-9/h1-5,10H,13H2,(H,14,15). The molecular weight excluding hydrogens is 200 g/mol. The van der Waals surface area contributed by atoms with E-state index in [0.29, 0.717) is 5.69 Å². The van der Waals surface area contributed by atoms with E-state index in [2.05, 4.69) is 10.2 Å². The molecule has 0 aliphatic heterocycles. The Morgan fingerprint density at radius 3 is 2.73 bits per heavy atom. The van der Waals surface area contributed by atoms with E-state index in [4.69, 9.17) is 5.73 Å². The van der Waals surface area contributed by atoms with Crippen LogP contribution in [0.1, 0.15) is 17.3 Å². The summed E-state index contributed by atoms with van der Waals surface area (Å²) < 4.78 is 26.2.